The third kappa shape index (κ3) is 3.11. The van der Waals surface area contributed by atoms with Gasteiger partial charge in [0.25, 0.3) is 0 Å². The fourth-order valence-electron chi connectivity index (χ4n) is 2.92. The monoisotopic (exact) mass is 301 g/mol. The first-order valence-corrected chi connectivity index (χ1v) is 8.39. The minimum absolute atomic E-state index is 0.317. The van der Waals surface area contributed by atoms with E-state index in [9.17, 15) is 0 Å². The van der Waals surface area contributed by atoms with Crippen LogP contribution in [0.4, 0.5) is 0 Å². The third-order valence-electron chi connectivity index (χ3n) is 4.10. The summed E-state index contributed by atoms with van der Waals surface area (Å²) in [5.74, 6) is 1.27. The zero-order chi connectivity index (χ0) is 14.0. The van der Waals surface area contributed by atoms with Gasteiger partial charge in [-0.25, -0.2) is 0 Å². The van der Waals surface area contributed by atoms with E-state index in [1.807, 2.05) is 18.7 Å². The smallest absolute Gasteiger partial charge is 0.0847 e. The highest BCUT2D eigenvalue weighted by atomic mass is 35.5. The van der Waals surface area contributed by atoms with E-state index in [4.69, 9.17) is 11.6 Å². The molecule has 0 aromatic carbocycles. The van der Waals surface area contributed by atoms with Gasteiger partial charge in [-0.15, -0.1) is 0 Å². The Morgan fingerprint density at radius 3 is 2.79 bits per heavy atom. The van der Waals surface area contributed by atoms with E-state index in [1.54, 1.807) is 0 Å². The fraction of sp³-hybridized carbons (Fsp3) is 0.786. The number of thioether (sulfide) groups is 1. The van der Waals surface area contributed by atoms with Gasteiger partial charge in [-0.05, 0) is 39.0 Å². The second-order valence-corrected chi connectivity index (χ2v) is 7.56. The summed E-state index contributed by atoms with van der Waals surface area (Å²) in [6.45, 7) is 7.52. The molecule has 2 atom stereocenters. The van der Waals surface area contributed by atoms with Crippen molar-refractivity contribution in [3.63, 3.8) is 0 Å². The van der Waals surface area contributed by atoms with Crippen molar-refractivity contribution >= 4 is 23.4 Å². The number of likely N-dealkylation sites (N-methyl/N-ethyl adjacent to an activating group) is 1. The van der Waals surface area contributed by atoms with Crippen molar-refractivity contribution < 1.29 is 0 Å². The lowest BCUT2D eigenvalue weighted by molar-refractivity contribution is 0.399. The third-order valence-corrected chi connectivity index (χ3v) is 6.23. The van der Waals surface area contributed by atoms with Crippen molar-refractivity contribution in [3.05, 3.63) is 16.4 Å². The van der Waals surface area contributed by atoms with Crippen LogP contribution in [0.3, 0.4) is 0 Å². The minimum Gasteiger partial charge on any atom is -0.312 e. The first-order chi connectivity index (χ1) is 8.98. The lowest BCUT2D eigenvalue weighted by Crippen LogP contribution is -2.47. The predicted molar refractivity (Wildman–Crippen MR) is 84.2 cm³/mol. The largest absolute Gasteiger partial charge is 0.312 e. The quantitative estimate of drug-likeness (QED) is 0.906. The number of aromatic nitrogens is 2. The number of halogens is 1. The van der Waals surface area contributed by atoms with Crippen molar-refractivity contribution in [2.45, 2.75) is 50.8 Å². The molecule has 1 aromatic heterocycles. The molecule has 1 aliphatic heterocycles. The van der Waals surface area contributed by atoms with Gasteiger partial charge in [0.05, 0.1) is 16.4 Å². The highest BCUT2D eigenvalue weighted by Crippen LogP contribution is 2.41. The second-order valence-electron chi connectivity index (χ2n) is 5.55. The Hall–Kier alpha value is -0.190. The molecule has 0 spiro atoms. The molecule has 1 N–H and O–H groups in total. The van der Waals surface area contributed by atoms with Crippen molar-refractivity contribution in [2.24, 2.45) is 7.05 Å². The summed E-state index contributed by atoms with van der Waals surface area (Å²) in [7, 11) is 1.99. The topological polar surface area (TPSA) is 29.9 Å². The molecule has 0 saturated carbocycles. The summed E-state index contributed by atoms with van der Waals surface area (Å²) in [5, 5.41) is 8.91. The molecule has 1 aliphatic rings. The normalized spacial score (nSPS) is 24.9. The van der Waals surface area contributed by atoms with Gasteiger partial charge < -0.3 is 5.32 Å². The van der Waals surface area contributed by atoms with Crippen LogP contribution in [0.2, 0.25) is 5.02 Å². The van der Waals surface area contributed by atoms with Gasteiger partial charge in [0.15, 0.2) is 0 Å². The van der Waals surface area contributed by atoms with E-state index < -0.39 is 0 Å². The van der Waals surface area contributed by atoms with Crippen LogP contribution in [-0.4, -0.2) is 32.9 Å². The van der Waals surface area contributed by atoms with Gasteiger partial charge in [-0.2, -0.15) is 16.9 Å². The summed E-state index contributed by atoms with van der Waals surface area (Å²) in [6.07, 6.45) is 3.55. The highest BCUT2D eigenvalue weighted by Gasteiger charge is 2.38. The van der Waals surface area contributed by atoms with Crippen LogP contribution < -0.4 is 5.32 Å². The summed E-state index contributed by atoms with van der Waals surface area (Å²) >= 11 is 8.49. The van der Waals surface area contributed by atoms with Crippen molar-refractivity contribution in [3.8, 4) is 0 Å². The highest BCUT2D eigenvalue weighted by molar-refractivity contribution is 8.00. The molecule has 0 aliphatic carbocycles. The van der Waals surface area contributed by atoms with Crippen LogP contribution in [0.1, 0.15) is 38.1 Å². The molecule has 1 saturated heterocycles. The van der Waals surface area contributed by atoms with E-state index in [1.165, 1.54) is 18.6 Å². The van der Waals surface area contributed by atoms with E-state index in [0.717, 1.165) is 29.4 Å². The lowest BCUT2D eigenvalue weighted by atomic mass is 9.92. The standard InChI is InChI=1S/C14H24ClN3S/c1-5-16-12(14(3)7-6-8-19-14)9-11-13(15)10(2)17-18(11)4/h12,16H,5-9H2,1-4H3. The molecule has 2 unspecified atom stereocenters. The maximum atomic E-state index is 6.39. The Kier molecular flexibility index (Phi) is 4.85. The fourth-order valence-corrected chi connectivity index (χ4v) is 4.57. The van der Waals surface area contributed by atoms with Crippen LogP contribution in [-0.2, 0) is 13.5 Å². The molecule has 1 fully saturated rings. The first kappa shape index (κ1) is 15.2. The number of nitrogens with one attached hydrogen (secondary N) is 1. The van der Waals surface area contributed by atoms with Gasteiger partial charge in [0.2, 0.25) is 0 Å². The SMILES string of the molecule is CCNC(Cc1c(Cl)c(C)nn1C)C1(C)CCCS1. The number of hydrogen-bond acceptors (Lipinski definition) is 3. The second kappa shape index (κ2) is 6.06. The molecule has 19 heavy (non-hydrogen) atoms. The Bertz CT molecular complexity index is 438. The summed E-state index contributed by atoms with van der Waals surface area (Å²) < 4.78 is 2.25. The Morgan fingerprint density at radius 1 is 1.58 bits per heavy atom. The average Bonchev–Trinajstić information content (AvgIpc) is 2.89. The zero-order valence-electron chi connectivity index (χ0n) is 12.3. The molecular formula is C14H24ClN3S. The predicted octanol–water partition coefficient (Wildman–Crippen LogP) is 3.19. The summed E-state index contributed by atoms with van der Waals surface area (Å²) in [4.78, 5) is 0. The number of nitrogens with zero attached hydrogens (tertiary/aromatic N) is 2. The molecule has 2 heterocycles. The lowest BCUT2D eigenvalue weighted by Gasteiger charge is -2.34. The van der Waals surface area contributed by atoms with Crippen LogP contribution in [0.5, 0.6) is 0 Å². The molecule has 2 rings (SSSR count). The molecule has 0 radical (unpaired) electrons. The maximum absolute atomic E-state index is 6.39. The van der Waals surface area contributed by atoms with Crippen LogP contribution >= 0.6 is 23.4 Å². The van der Waals surface area contributed by atoms with Gasteiger partial charge in [0.1, 0.15) is 0 Å². The van der Waals surface area contributed by atoms with Crippen molar-refractivity contribution in [1.29, 1.82) is 0 Å². The van der Waals surface area contributed by atoms with Gasteiger partial charge in [-0.1, -0.05) is 18.5 Å². The molecule has 108 valence electrons. The van der Waals surface area contributed by atoms with Gasteiger partial charge >= 0.3 is 0 Å². The Morgan fingerprint density at radius 2 is 2.32 bits per heavy atom. The number of aryl methyl sites for hydroxylation is 2. The molecular weight excluding hydrogens is 278 g/mol. The van der Waals surface area contributed by atoms with E-state index in [0.29, 0.717) is 10.8 Å². The average molecular weight is 302 g/mol. The molecule has 1 aromatic rings. The summed E-state index contributed by atoms with van der Waals surface area (Å²) in [5.41, 5.74) is 2.08. The summed E-state index contributed by atoms with van der Waals surface area (Å²) in [6, 6.07) is 0.456. The van der Waals surface area contributed by atoms with Gasteiger partial charge in [-0.3, -0.25) is 4.68 Å². The van der Waals surface area contributed by atoms with Crippen molar-refractivity contribution in [2.75, 3.05) is 12.3 Å². The van der Waals surface area contributed by atoms with E-state index in [-0.39, 0.29) is 0 Å². The van der Waals surface area contributed by atoms with Crippen LogP contribution in [0.25, 0.3) is 0 Å². The Labute approximate surface area is 125 Å². The minimum atomic E-state index is 0.317. The molecule has 0 amide bonds. The van der Waals surface area contributed by atoms with Crippen LogP contribution in [0, 0.1) is 6.92 Å². The molecule has 0 bridgehead atoms. The first-order valence-electron chi connectivity index (χ1n) is 7.03. The number of rotatable bonds is 5. The van der Waals surface area contributed by atoms with Crippen LogP contribution in [0.15, 0.2) is 0 Å². The van der Waals surface area contributed by atoms with Gasteiger partial charge in [0, 0.05) is 24.3 Å². The molecule has 3 nitrogen and oxygen atoms in total. The maximum Gasteiger partial charge on any atom is 0.0847 e. The Balaban J connectivity index is 2.21. The zero-order valence-corrected chi connectivity index (χ0v) is 13.9. The number of hydrogen-bond donors (Lipinski definition) is 1. The van der Waals surface area contributed by atoms with E-state index in [2.05, 4.69) is 36.0 Å². The van der Waals surface area contributed by atoms with E-state index >= 15 is 0 Å². The molecule has 5 heteroatoms. The van der Waals surface area contributed by atoms with Crippen molar-refractivity contribution in [1.82, 2.24) is 15.1 Å².